The Hall–Kier alpha value is -3.48. The average Bonchev–Trinajstić information content (AvgIpc) is 2.68. The van der Waals surface area contributed by atoms with Gasteiger partial charge in [0.25, 0.3) is 11.8 Å². The van der Waals surface area contributed by atoms with Crippen molar-refractivity contribution in [1.82, 2.24) is 20.6 Å². The molecule has 0 fully saturated rings. The minimum atomic E-state index is -0.454. The molecular formula is C19H18N4O3. The smallest absolute Gasteiger partial charge is 0.269 e. The Kier molecular flexibility index (Phi) is 5.07. The Morgan fingerprint density at radius 2 is 1.77 bits per heavy atom. The van der Waals surface area contributed by atoms with E-state index in [1.54, 1.807) is 36.4 Å². The SMILES string of the molecule is CCc1ccc(C(=O)NNC(=O)Cn2ncc(=O)c3ccccc32)cc1. The minimum absolute atomic E-state index is 0.129. The van der Waals surface area contributed by atoms with Crippen molar-refractivity contribution in [2.75, 3.05) is 0 Å². The predicted molar refractivity (Wildman–Crippen MR) is 97.4 cm³/mol. The molecule has 0 radical (unpaired) electrons. The second-order valence-electron chi connectivity index (χ2n) is 5.74. The largest absolute Gasteiger partial charge is 0.287 e. The molecule has 0 aliphatic carbocycles. The summed E-state index contributed by atoms with van der Waals surface area (Å²) in [5, 5.41) is 4.46. The lowest BCUT2D eigenvalue weighted by molar-refractivity contribution is -0.122. The van der Waals surface area contributed by atoms with Crippen LogP contribution in [0, 0.1) is 0 Å². The van der Waals surface area contributed by atoms with Crippen LogP contribution >= 0.6 is 0 Å². The van der Waals surface area contributed by atoms with Gasteiger partial charge in [-0.2, -0.15) is 5.10 Å². The van der Waals surface area contributed by atoms with Crippen LogP contribution in [0.25, 0.3) is 10.9 Å². The predicted octanol–water partition coefficient (Wildman–Crippen LogP) is 1.42. The van der Waals surface area contributed by atoms with Gasteiger partial charge in [-0.15, -0.1) is 0 Å². The first-order valence-electron chi connectivity index (χ1n) is 8.21. The monoisotopic (exact) mass is 350 g/mol. The number of carbonyl (C=O) groups is 2. The highest BCUT2D eigenvalue weighted by molar-refractivity contribution is 5.95. The topological polar surface area (TPSA) is 93.1 Å². The fourth-order valence-electron chi connectivity index (χ4n) is 2.55. The van der Waals surface area contributed by atoms with Gasteiger partial charge in [0.15, 0.2) is 0 Å². The first-order valence-corrected chi connectivity index (χ1v) is 8.21. The van der Waals surface area contributed by atoms with E-state index in [2.05, 4.69) is 16.0 Å². The third-order valence-corrected chi connectivity index (χ3v) is 4.00. The van der Waals surface area contributed by atoms with E-state index in [-0.39, 0.29) is 12.0 Å². The van der Waals surface area contributed by atoms with E-state index in [0.717, 1.165) is 12.0 Å². The molecule has 0 saturated carbocycles. The molecule has 7 heteroatoms. The van der Waals surface area contributed by atoms with Crippen molar-refractivity contribution in [3.05, 3.63) is 76.1 Å². The zero-order chi connectivity index (χ0) is 18.5. The highest BCUT2D eigenvalue weighted by Gasteiger charge is 2.10. The van der Waals surface area contributed by atoms with Gasteiger partial charge in [0.05, 0.1) is 11.7 Å². The van der Waals surface area contributed by atoms with Crippen LogP contribution in [-0.2, 0) is 17.8 Å². The van der Waals surface area contributed by atoms with E-state index >= 15 is 0 Å². The number of aromatic nitrogens is 2. The number of rotatable bonds is 4. The third-order valence-electron chi connectivity index (χ3n) is 4.00. The molecular weight excluding hydrogens is 332 g/mol. The number of fused-ring (bicyclic) bond motifs is 1. The molecule has 2 N–H and O–H groups in total. The van der Waals surface area contributed by atoms with Gasteiger partial charge in [0, 0.05) is 10.9 Å². The lowest BCUT2D eigenvalue weighted by Gasteiger charge is -2.10. The molecule has 26 heavy (non-hydrogen) atoms. The number of aryl methyl sites for hydroxylation is 1. The molecule has 0 unspecified atom stereocenters. The van der Waals surface area contributed by atoms with Gasteiger partial charge >= 0.3 is 0 Å². The van der Waals surface area contributed by atoms with E-state index in [1.807, 2.05) is 19.1 Å². The summed E-state index contributed by atoms with van der Waals surface area (Å²) < 4.78 is 1.41. The molecule has 0 aliphatic heterocycles. The van der Waals surface area contributed by atoms with Gasteiger partial charge < -0.3 is 0 Å². The quantitative estimate of drug-likeness (QED) is 0.696. The third kappa shape index (κ3) is 3.77. The van der Waals surface area contributed by atoms with Crippen LogP contribution in [0.1, 0.15) is 22.8 Å². The first kappa shape index (κ1) is 17.3. The number of hydrogen-bond acceptors (Lipinski definition) is 4. The molecule has 0 spiro atoms. The zero-order valence-electron chi connectivity index (χ0n) is 14.2. The summed E-state index contributed by atoms with van der Waals surface area (Å²) in [5.74, 6) is -0.858. The number of hydrogen-bond donors (Lipinski definition) is 2. The van der Waals surface area contributed by atoms with Crippen molar-refractivity contribution < 1.29 is 9.59 Å². The molecule has 2 aromatic carbocycles. The lowest BCUT2D eigenvalue weighted by Crippen LogP contribution is -2.43. The minimum Gasteiger partial charge on any atom is -0.287 e. The van der Waals surface area contributed by atoms with Crippen LogP contribution in [0.3, 0.4) is 0 Å². The molecule has 2 amide bonds. The van der Waals surface area contributed by atoms with Crippen LogP contribution in [0.5, 0.6) is 0 Å². The molecule has 0 bridgehead atoms. The average molecular weight is 350 g/mol. The van der Waals surface area contributed by atoms with E-state index in [0.29, 0.717) is 16.5 Å². The molecule has 0 saturated heterocycles. The second kappa shape index (κ2) is 7.60. The van der Waals surface area contributed by atoms with Crippen LogP contribution in [0.15, 0.2) is 59.5 Å². The summed E-state index contributed by atoms with van der Waals surface area (Å²) in [5.41, 5.74) is 6.66. The summed E-state index contributed by atoms with van der Waals surface area (Å²) >= 11 is 0. The Balaban J connectivity index is 1.65. The van der Waals surface area contributed by atoms with Crippen molar-refractivity contribution in [2.24, 2.45) is 0 Å². The van der Waals surface area contributed by atoms with Crippen LogP contribution in [0.4, 0.5) is 0 Å². The number of benzene rings is 2. The number of carbonyl (C=O) groups excluding carboxylic acids is 2. The van der Waals surface area contributed by atoms with Gasteiger partial charge in [-0.1, -0.05) is 31.2 Å². The summed E-state index contributed by atoms with van der Waals surface area (Å²) in [6.07, 6.45) is 2.06. The fraction of sp³-hybridized carbons (Fsp3) is 0.158. The second-order valence-corrected chi connectivity index (χ2v) is 5.74. The molecule has 1 heterocycles. The molecule has 0 aliphatic rings. The standard InChI is InChI=1S/C19H18N4O3/c1-2-13-7-9-14(10-8-13)19(26)22-21-18(25)12-23-16-6-4-3-5-15(16)17(24)11-20-23/h3-11H,2,12H2,1H3,(H,21,25)(H,22,26). The Bertz CT molecular complexity index is 1010. The Morgan fingerprint density at radius 3 is 2.50 bits per heavy atom. The van der Waals surface area contributed by atoms with E-state index in [1.165, 1.54) is 10.9 Å². The van der Waals surface area contributed by atoms with Gasteiger partial charge in [0.1, 0.15) is 6.54 Å². The van der Waals surface area contributed by atoms with E-state index in [9.17, 15) is 14.4 Å². The van der Waals surface area contributed by atoms with Gasteiger partial charge in [-0.25, -0.2) is 0 Å². The van der Waals surface area contributed by atoms with Crippen LogP contribution < -0.4 is 16.3 Å². The maximum Gasteiger partial charge on any atom is 0.269 e. The normalized spacial score (nSPS) is 10.5. The highest BCUT2D eigenvalue weighted by atomic mass is 16.2. The summed E-state index contributed by atoms with van der Waals surface area (Å²) in [7, 11) is 0. The van der Waals surface area contributed by atoms with Crippen molar-refractivity contribution in [3.63, 3.8) is 0 Å². The summed E-state index contributed by atoms with van der Waals surface area (Å²) in [4.78, 5) is 36.0. The number of nitrogens with zero attached hydrogens (tertiary/aromatic N) is 2. The van der Waals surface area contributed by atoms with Crippen molar-refractivity contribution in [3.8, 4) is 0 Å². The molecule has 3 rings (SSSR count). The van der Waals surface area contributed by atoms with Crippen LogP contribution in [-0.4, -0.2) is 21.6 Å². The molecule has 0 atom stereocenters. The summed E-state index contributed by atoms with van der Waals surface area (Å²) in [6, 6.07) is 14.0. The molecule has 7 nitrogen and oxygen atoms in total. The molecule has 132 valence electrons. The maximum absolute atomic E-state index is 12.1. The van der Waals surface area contributed by atoms with E-state index < -0.39 is 11.8 Å². The number of para-hydroxylation sites is 1. The number of nitrogens with one attached hydrogen (secondary N) is 2. The first-order chi connectivity index (χ1) is 12.6. The fourth-order valence-corrected chi connectivity index (χ4v) is 2.55. The zero-order valence-corrected chi connectivity index (χ0v) is 14.2. The summed E-state index contributed by atoms with van der Waals surface area (Å²) in [6.45, 7) is 1.90. The molecule has 3 aromatic rings. The van der Waals surface area contributed by atoms with Crippen molar-refractivity contribution in [1.29, 1.82) is 0 Å². The number of amides is 2. The van der Waals surface area contributed by atoms with Gasteiger partial charge in [-0.05, 0) is 36.2 Å². The van der Waals surface area contributed by atoms with Crippen molar-refractivity contribution >= 4 is 22.7 Å². The lowest BCUT2D eigenvalue weighted by atomic mass is 10.1. The number of hydrazine groups is 1. The van der Waals surface area contributed by atoms with Crippen LogP contribution in [0.2, 0.25) is 0 Å². The maximum atomic E-state index is 12.1. The Morgan fingerprint density at radius 1 is 1.04 bits per heavy atom. The highest BCUT2D eigenvalue weighted by Crippen LogP contribution is 2.07. The van der Waals surface area contributed by atoms with E-state index in [4.69, 9.17) is 0 Å². The molecule has 1 aromatic heterocycles. The van der Waals surface area contributed by atoms with Gasteiger partial charge in [-0.3, -0.25) is 29.9 Å². The van der Waals surface area contributed by atoms with Crippen molar-refractivity contribution in [2.45, 2.75) is 19.9 Å². The Labute approximate surface area is 149 Å². The van der Waals surface area contributed by atoms with Gasteiger partial charge in [0.2, 0.25) is 5.43 Å².